The number of benzene rings is 1. The second-order valence-electron chi connectivity index (χ2n) is 4.80. The van der Waals surface area contributed by atoms with Crippen molar-refractivity contribution in [3.05, 3.63) is 24.3 Å². The van der Waals surface area contributed by atoms with Crippen molar-refractivity contribution >= 4 is 5.69 Å². The summed E-state index contributed by atoms with van der Waals surface area (Å²) in [5.74, 6) is 0.324. The first-order valence-corrected chi connectivity index (χ1v) is 6.78. The van der Waals surface area contributed by atoms with E-state index in [2.05, 4.69) is 19.2 Å². The number of phenols is 1. The number of nitrogens with one attached hydrogen (secondary N) is 1. The molecule has 1 rings (SSSR count). The summed E-state index contributed by atoms with van der Waals surface area (Å²) < 4.78 is 0. The minimum absolute atomic E-state index is 0.324. The summed E-state index contributed by atoms with van der Waals surface area (Å²) in [7, 11) is 0. The fraction of sp³-hybridized carbons (Fsp3) is 0.600. The van der Waals surface area contributed by atoms with Gasteiger partial charge in [-0.25, -0.2) is 0 Å². The quantitative estimate of drug-likeness (QED) is 0.648. The molecule has 1 unspecified atom stereocenters. The third kappa shape index (κ3) is 6.20. The summed E-state index contributed by atoms with van der Waals surface area (Å²) in [5, 5.41) is 12.8. The van der Waals surface area contributed by atoms with Gasteiger partial charge in [0.2, 0.25) is 0 Å². The molecule has 96 valence electrons. The van der Waals surface area contributed by atoms with Crippen LogP contribution in [0.15, 0.2) is 24.3 Å². The zero-order valence-electron chi connectivity index (χ0n) is 11.1. The smallest absolute Gasteiger partial charge is 0.117 e. The van der Waals surface area contributed by atoms with Gasteiger partial charge in [0.25, 0.3) is 0 Å². The predicted octanol–water partition coefficient (Wildman–Crippen LogP) is 4.55. The first-order valence-electron chi connectivity index (χ1n) is 6.78. The van der Waals surface area contributed by atoms with Crippen molar-refractivity contribution in [1.29, 1.82) is 0 Å². The average Bonchev–Trinajstić information content (AvgIpc) is 2.29. The number of rotatable bonds is 8. The van der Waals surface area contributed by atoms with Crippen LogP contribution in [0.3, 0.4) is 0 Å². The lowest BCUT2D eigenvalue weighted by Gasteiger charge is -2.15. The Morgan fingerprint density at radius 1 is 1.18 bits per heavy atom. The largest absolute Gasteiger partial charge is 0.508 e. The number of hydrogen-bond donors (Lipinski definition) is 2. The van der Waals surface area contributed by atoms with Gasteiger partial charge in [0.05, 0.1) is 0 Å². The van der Waals surface area contributed by atoms with E-state index >= 15 is 0 Å². The van der Waals surface area contributed by atoms with Gasteiger partial charge in [-0.15, -0.1) is 0 Å². The number of unbranched alkanes of at least 4 members (excludes halogenated alkanes) is 4. The molecule has 0 spiro atoms. The van der Waals surface area contributed by atoms with E-state index in [0.29, 0.717) is 11.8 Å². The van der Waals surface area contributed by atoms with Gasteiger partial charge in [0.15, 0.2) is 0 Å². The molecule has 0 aliphatic heterocycles. The predicted molar refractivity (Wildman–Crippen MR) is 74.6 cm³/mol. The van der Waals surface area contributed by atoms with E-state index in [0.717, 1.165) is 5.69 Å². The topological polar surface area (TPSA) is 32.3 Å². The number of hydrogen-bond acceptors (Lipinski definition) is 2. The molecule has 0 heterocycles. The molecule has 0 aliphatic rings. The van der Waals surface area contributed by atoms with E-state index in [1.807, 2.05) is 12.1 Å². The summed E-state index contributed by atoms with van der Waals surface area (Å²) in [5.41, 5.74) is 1.01. The Kier molecular flexibility index (Phi) is 6.53. The first-order chi connectivity index (χ1) is 8.22. The van der Waals surface area contributed by atoms with E-state index in [4.69, 9.17) is 0 Å². The molecular weight excluding hydrogens is 210 g/mol. The fourth-order valence-corrected chi connectivity index (χ4v) is 2.01. The molecule has 1 aromatic carbocycles. The highest BCUT2D eigenvalue weighted by Crippen LogP contribution is 2.17. The van der Waals surface area contributed by atoms with Gasteiger partial charge in [-0.2, -0.15) is 0 Å². The highest BCUT2D eigenvalue weighted by molar-refractivity contribution is 5.48. The average molecular weight is 235 g/mol. The molecule has 2 N–H and O–H groups in total. The van der Waals surface area contributed by atoms with Crippen molar-refractivity contribution in [2.24, 2.45) is 0 Å². The molecule has 0 fully saturated rings. The van der Waals surface area contributed by atoms with Crippen LogP contribution in [-0.2, 0) is 0 Å². The standard InChI is InChI=1S/C15H25NO/c1-3-4-5-6-7-9-13(2)16-14-10-8-11-15(17)12-14/h8,10-13,16-17H,3-7,9H2,1-2H3. The highest BCUT2D eigenvalue weighted by Gasteiger charge is 2.02. The summed E-state index contributed by atoms with van der Waals surface area (Å²) in [6, 6.07) is 7.80. The van der Waals surface area contributed by atoms with Crippen LogP contribution in [0, 0.1) is 0 Å². The lowest BCUT2D eigenvalue weighted by Crippen LogP contribution is -2.14. The second-order valence-corrected chi connectivity index (χ2v) is 4.80. The van der Waals surface area contributed by atoms with E-state index in [-0.39, 0.29) is 0 Å². The van der Waals surface area contributed by atoms with Gasteiger partial charge >= 0.3 is 0 Å². The third-order valence-corrected chi connectivity index (χ3v) is 3.00. The van der Waals surface area contributed by atoms with Gasteiger partial charge in [-0.3, -0.25) is 0 Å². The maximum atomic E-state index is 9.36. The summed E-state index contributed by atoms with van der Waals surface area (Å²) in [6.07, 6.45) is 7.83. The van der Waals surface area contributed by atoms with Gasteiger partial charge < -0.3 is 10.4 Å². The SMILES string of the molecule is CCCCCCCC(C)Nc1cccc(O)c1. The number of anilines is 1. The zero-order chi connectivity index (χ0) is 12.5. The van der Waals surface area contributed by atoms with E-state index in [9.17, 15) is 5.11 Å². The molecule has 2 heteroatoms. The Morgan fingerprint density at radius 2 is 1.94 bits per heavy atom. The lowest BCUT2D eigenvalue weighted by molar-refractivity contribution is 0.475. The van der Waals surface area contributed by atoms with Crippen LogP contribution in [0.2, 0.25) is 0 Å². The van der Waals surface area contributed by atoms with Crippen LogP contribution in [0.5, 0.6) is 5.75 Å². The Hall–Kier alpha value is -1.18. The van der Waals surface area contributed by atoms with Gasteiger partial charge in [-0.05, 0) is 25.5 Å². The molecule has 0 radical (unpaired) electrons. The molecule has 0 aliphatic carbocycles. The van der Waals surface area contributed by atoms with Crippen LogP contribution < -0.4 is 5.32 Å². The highest BCUT2D eigenvalue weighted by atomic mass is 16.3. The second kappa shape index (κ2) is 7.99. The Bertz CT molecular complexity index is 312. The van der Waals surface area contributed by atoms with Gasteiger partial charge in [0, 0.05) is 17.8 Å². The van der Waals surface area contributed by atoms with Crippen LogP contribution in [0.1, 0.15) is 52.4 Å². The molecule has 1 aromatic rings. The van der Waals surface area contributed by atoms with E-state index in [1.54, 1.807) is 12.1 Å². The third-order valence-electron chi connectivity index (χ3n) is 3.00. The lowest BCUT2D eigenvalue weighted by atomic mass is 10.1. The number of aromatic hydroxyl groups is 1. The summed E-state index contributed by atoms with van der Waals surface area (Å²) >= 11 is 0. The Balaban J connectivity index is 2.18. The molecule has 0 saturated heterocycles. The first kappa shape index (κ1) is 13.9. The maximum Gasteiger partial charge on any atom is 0.117 e. The van der Waals surface area contributed by atoms with Crippen molar-refractivity contribution in [3.63, 3.8) is 0 Å². The molecular formula is C15H25NO. The molecule has 0 saturated carbocycles. The monoisotopic (exact) mass is 235 g/mol. The summed E-state index contributed by atoms with van der Waals surface area (Å²) in [6.45, 7) is 4.44. The molecule has 1 atom stereocenters. The molecule has 0 amide bonds. The minimum Gasteiger partial charge on any atom is -0.508 e. The van der Waals surface area contributed by atoms with Crippen molar-refractivity contribution in [2.45, 2.75) is 58.4 Å². The molecule has 0 aromatic heterocycles. The molecule has 17 heavy (non-hydrogen) atoms. The van der Waals surface area contributed by atoms with Crippen LogP contribution in [0.25, 0.3) is 0 Å². The molecule has 2 nitrogen and oxygen atoms in total. The molecule has 0 bridgehead atoms. The van der Waals surface area contributed by atoms with Crippen LogP contribution >= 0.6 is 0 Å². The normalized spacial score (nSPS) is 12.4. The van der Waals surface area contributed by atoms with E-state index < -0.39 is 0 Å². The van der Waals surface area contributed by atoms with Crippen LogP contribution in [-0.4, -0.2) is 11.1 Å². The zero-order valence-corrected chi connectivity index (χ0v) is 11.1. The maximum absolute atomic E-state index is 9.36. The van der Waals surface area contributed by atoms with Crippen molar-refractivity contribution in [2.75, 3.05) is 5.32 Å². The Morgan fingerprint density at radius 3 is 2.65 bits per heavy atom. The number of phenolic OH excluding ortho intramolecular Hbond substituents is 1. The Labute approximate surface area is 105 Å². The van der Waals surface area contributed by atoms with Crippen molar-refractivity contribution in [3.8, 4) is 5.75 Å². The van der Waals surface area contributed by atoms with Gasteiger partial charge in [0.1, 0.15) is 5.75 Å². The summed E-state index contributed by atoms with van der Waals surface area (Å²) in [4.78, 5) is 0. The van der Waals surface area contributed by atoms with Gasteiger partial charge in [-0.1, -0.05) is 45.1 Å². The van der Waals surface area contributed by atoms with Crippen molar-refractivity contribution in [1.82, 2.24) is 0 Å². The fourth-order valence-electron chi connectivity index (χ4n) is 2.01. The van der Waals surface area contributed by atoms with Crippen molar-refractivity contribution < 1.29 is 5.11 Å². The van der Waals surface area contributed by atoms with Crippen LogP contribution in [0.4, 0.5) is 5.69 Å². The van der Waals surface area contributed by atoms with E-state index in [1.165, 1.54) is 38.5 Å². The minimum atomic E-state index is 0.324.